The molecule has 4 nitrogen and oxygen atoms in total. The summed E-state index contributed by atoms with van der Waals surface area (Å²) in [5.74, 6) is 1.89. The fraction of sp³-hybridized carbons (Fsp3) is 0.0286. The Hall–Kier alpha value is -5.22. The van der Waals surface area contributed by atoms with Crippen molar-refractivity contribution in [2.24, 2.45) is 4.99 Å². The molecule has 6 rings (SSSR count). The standard InChI is InChI=1S/C35H26N2O2/c38-35-33(25-28-13-10-18-32(24-28)39-31-16-8-3-9-17-31)36-34(29-14-6-2-7-15-29)37(35)30-21-19-27(20-22-30)23-26-11-4-1-5-12-26/h1-22,24-25H,23H2. The molecule has 0 unspecified atom stereocenters. The molecule has 0 N–H and O–H groups in total. The predicted molar refractivity (Wildman–Crippen MR) is 157 cm³/mol. The second-order valence-corrected chi connectivity index (χ2v) is 9.29. The second-order valence-electron chi connectivity index (χ2n) is 9.29. The number of amidine groups is 1. The third kappa shape index (κ3) is 5.55. The Balaban J connectivity index is 1.31. The predicted octanol–water partition coefficient (Wildman–Crippen LogP) is 7.90. The highest BCUT2D eigenvalue weighted by atomic mass is 16.5. The van der Waals surface area contributed by atoms with Gasteiger partial charge in [-0.25, -0.2) is 4.99 Å². The van der Waals surface area contributed by atoms with E-state index in [4.69, 9.17) is 9.73 Å². The van der Waals surface area contributed by atoms with E-state index in [-0.39, 0.29) is 5.91 Å². The molecule has 0 fully saturated rings. The van der Waals surface area contributed by atoms with Gasteiger partial charge in [0.05, 0.1) is 5.69 Å². The molecule has 0 spiro atoms. The van der Waals surface area contributed by atoms with E-state index in [0.29, 0.717) is 17.3 Å². The Labute approximate surface area is 228 Å². The smallest absolute Gasteiger partial charge is 0.282 e. The summed E-state index contributed by atoms with van der Waals surface area (Å²) in [5, 5.41) is 0. The van der Waals surface area contributed by atoms with E-state index in [2.05, 4.69) is 24.3 Å². The first-order valence-electron chi connectivity index (χ1n) is 12.9. The maximum absolute atomic E-state index is 13.8. The molecular formula is C35H26N2O2. The zero-order chi connectivity index (χ0) is 26.4. The molecule has 39 heavy (non-hydrogen) atoms. The summed E-state index contributed by atoms with van der Waals surface area (Å²) in [4.78, 5) is 20.3. The van der Waals surface area contributed by atoms with Crippen LogP contribution in [-0.2, 0) is 11.2 Å². The molecule has 0 radical (unpaired) electrons. The van der Waals surface area contributed by atoms with Crippen LogP contribution in [0.4, 0.5) is 5.69 Å². The van der Waals surface area contributed by atoms with E-state index in [1.165, 1.54) is 11.1 Å². The number of hydrogen-bond donors (Lipinski definition) is 0. The summed E-state index contributed by atoms with van der Waals surface area (Å²) in [5.41, 5.74) is 5.30. The van der Waals surface area contributed by atoms with Crippen LogP contribution in [0.3, 0.4) is 0 Å². The Bertz CT molecular complexity index is 1640. The molecule has 0 saturated carbocycles. The van der Waals surface area contributed by atoms with Gasteiger partial charge < -0.3 is 4.74 Å². The minimum absolute atomic E-state index is 0.168. The number of anilines is 1. The quantitative estimate of drug-likeness (QED) is 0.211. The van der Waals surface area contributed by atoms with E-state index in [1.54, 1.807) is 4.90 Å². The van der Waals surface area contributed by atoms with Gasteiger partial charge in [-0.05, 0) is 65.6 Å². The molecule has 1 heterocycles. The first-order valence-corrected chi connectivity index (χ1v) is 12.9. The molecule has 1 aliphatic heterocycles. The van der Waals surface area contributed by atoms with Gasteiger partial charge >= 0.3 is 0 Å². The van der Waals surface area contributed by atoms with Crippen molar-refractivity contribution in [2.75, 3.05) is 4.90 Å². The summed E-state index contributed by atoms with van der Waals surface area (Å²) in [6, 6.07) is 45.6. The number of carbonyl (C=O) groups excluding carboxylic acids is 1. The summed E-state index contributed by atoms with van der Waals surface area (Å²) in [7, 11) is 0. The third-order valence-corrected chi connectivity index (χ3v) is 6.48. The average molecular weight is 507 g/mol. The highest BCUT2D eigenvalue weighted by molar-refractivity contribution is 6.33. The molecule has 0 bridgehead atoms. The van der Waals surface area contributed by atoms with Gasteiger partial charge in [0, 0.05) is 5.56 Å². The van der Waals surface area contributed by atoms with Gasteiger partial charge in [0.1, 0.15) is 23.0 Å². The van der Waals surface area contributed by atoms with E-state index in [0.717, 1.165) is 29.0 Å². The van der Waals surface area contributed by atoms with Crippen LogP contribution in [-0.4, -0.2) is 11.7 Å². The highest BCUT2D eigenvalue weighted by Gasteiger charge is 2.32. The maximum Gasteiger partial charge on any atom is 0.282 e. The number of nitrogens with zero attached hydrogens (tertiary/aromatic N) is 2. The van der Waals surface area contributed by atoms with Crippen LogP contribution >= 0.6 is 0 Å². The van der Waals surface area contributed by atoms with Gasteiger partial charge in [0.25, 0.3) is 5.91 Å². The van der Waals surface area contributed by atoms with Gasteiger partial charge in [-0.3, -0.25) is 9.69 Å². The summed E-state index contributed by atoms with van der Waals surface area (Å²) >= 11 is 0. The summed E-state index contributed by atoms with van der Waals surface area (Å²) < 4.78 is 5.98. The van der Waals surface area contributed by atoms with Crippen LogP contribution in [0.5, 0.6) is 11.5 Å². The minimum Gasteiger partial charge on any atom is -0.457 e. The van der Waals surface area contributed by atoms with Crippen molar-refractivity contribution in [2.45, 2.75) is 6.42 Å². The number of rotatable bonds is 7. The van der Waals surface area contributed by atoms with Gasteiger partial charge in [-0.1, -0.05) is 103 Å². The number of hydrogen-bond acceptors (Lipinski definition) is 3. The third-order valence-electron chi connectivity index (χ3n) is 6.48. The zero-order valence-electron chi connectivity index (χ0n) is 21.3. The lowest BCUT2D eigenvalue weighted by molar-refractivity contribution is -0.113. The fourth-order valence-electron chi connectivity index (χ4n) is 4.58. The van der Waals surface area contributed by atoms with Gasteiger partial charge in [0.15, 0.2) is 0 Å². The van der Waals surface area contributed by atoms with Crippen molar-refractivity contribution in [1.82, 2.24) is 0 Å². The fourth-order valence-corrected chi connectivity index (χ4v) is 4.58. The number of ether oxygens (including phenoxy) is 1. The van der Waals surface area contributed by atoms with Crippen LogP contribution < -0.4 is 9.64 Å². The topological polar surface area (TPSA) is 41.9 Å². The monoisotopic (exact) mass is 506 g/mol. The molecule has 5 aromatic rings. The van der Waals surface area contributed by atoms with Crippen molar-refractivity contribution < 1.29 is 9.53 Å². The molecule has 5 aromatic carbocycles. The molecule has 188 valence electrons. The van der Waals surface area contributed by atoms with Crippen molar-refractivity contribution in [3.8, 4) is 11.5 Å². The lowest BCUT2D eigenvalue weighted by Crippen LogP contribution is -2.32. The van der Waals surface area contributed by atoms with E-state index in [9.17, 15) is 4.79 Å². The number of amides is 1. The maximum atomic E-state index is 13.8. The molecule has 0 saturated heterocycles. The van der Waals surface area contributed by atoms with E-state index >= 15 is 0 Å². The number of aliphatic imine (C=N–C) groups is 1. The first-order chi connectivity index (χ1) is 19.2. The Morgan fingerprint density at radius 3 is 1.97 bits per heavy atom. The summed E-state index contributed by atoms with van der Waals surface area (Å²) in [6.07, 6.45) is 2.65. The Kier molecular flexibility index (Phi) is 6.83. The van der Waals surface area contributed by atoms with Crippen molar-refractivity contribution in [3.05, 3.63) is 167 Å². The van der Waals surface area contributed by atoms with Crippen molar-refractivity contribution >= 4 is 23.5 Å². The van der Waals surface area contributed by atoms with Crippen LogP contribution in [0.1, 0.15) is 22.3 Å². The number of benzene rings is 5. The summed E-state index contributed by atoms with van der Waals surface area (Å²) in [6.45, 7) is 0. The Morgan fingerprint density at radius 2 is 1.26 bits per heavy atom. The largest absolute Gasteiger partial charge is 0.457 e. The molecule has 1 aliphatic rings. The molecule has 4 heteroatoms. The van der Waals surface area contributed by atoms with Crippen molar-refractivity contribution in [3.63, 3.8) is 0 Å². The molecular weight excluding hydrogens is 480 g/mol. The SMILES string of the molecule is O=C1C(=Cc2cccc(Oc3ccccc3)c2)N=C(c2ccccc2)N1c1ccc(Cc2ccccc2)cc1. The lowest BCUT2D eigenvalue weighted by atomic mass is 10.0. The number of carbonyl (C=O) groups is 1. The highest BCUT2D eigenvalue weighted by Crippen LogP contribution is 2.30. The van der Waals surface area contributed by atoms with Crippen LogP contribution in [0.25, 0.3) is 6.08 Å². The van der Waals surface area contributed by atoms with Crippen LogP contribution in [0.15, 0.2) is 150 Å². The van der Waals surface area contributed by atoms with Crippen molar-refractivity contribution in [1.29, 1.82) is 0 Å². The lowest BCUT2D eigenvalue weighted by Gasteiger charge is -2.19. The zero-order valence-corrected chi connectivity index (χ0v) is 21.3. The van der Waals surface area contributed by atoms with Gasteiger partial charge in [0.2, 0.25) is 0 Å². The Morgan fingerprint density at radius 1 is 0.641 bits per heavy atom. The second kappa shape index (κ2) is 11.0. The normalized spacial score (nSPS) is 13.9. The first kappa shape index (κ1) is 24.1. The van der Waals surface area contributed by atoms with E-state index in [1.807, 2.05) is 121 Å². The van der Waals surface area contributed by atoms with Gasteiger partial charge in [-0.15, -0.1) is 0 Å². The minimum atomic E-state index is -0.168. The molecule has 0 aromatic heterocycles. The van der Waals surface area contributed by atoms with Gasteiger partial charge in [-0.2, -0.15) is 0 Å². The van der Waals surface area contributed by atoms with Crippen LogP contribution in [0.2, 0.25) is 0 Å². The molecule has 0 aliphatic carbocycles. The molecule has 0 atom stereocenters. The van der Waals surface area contributed by atoms with Crippen LogP contribution in [0, 0.1) is 0 Å². The average Bonchev–Trinajstić information content (AvgIpc) is 3.30. The van der Waals surface area contributed by atoms with E-state index < -0.39 is 0 Å². The number of para-hydroxylation sites is 1. The molecule has 1 amide bonds.